The SMILES string of the molecule is CN(c1cc(C(F)(F)F)nc(SCc2ccc(C(=O)N3CCOCC3)o2)n1)C1CCCCC1. The van der Waals surface area contributed by atoms with Gasteiger partial charge in [0.05, 0.1) is 19.0 Å². The van der Waals surface area contributed by atoms with E-state index in [0.717, 1.165) is 49.9 Å². The van der Waals surface area contributed by atoms with Crippen LogP contribution >= 0.6 is 11.8 Å². The third kappa shape index (κ3) is 6.00. The molecule has 1 amide bonds. The van der Waals surface area contributed by atoms with E-state index in [4.69, 9.17) is 9.15 Å². The molecule has 11 heteroatoms. The van der Waals surface area contributed by atoms with Crippen molar-refractivity contribution in [3.63, 3.8) is 0 Å². The molecule has 180 valence electrons. The normalized spacial score (nSPS) is 17.9. The second-order valence-corrected chi connectivity index (χ2v) is 9.20. The molecule has 33 heavy (non-hydrogen) atoms. The highest BCUT2D eigenvalue weighted by molar-refractivity contribution is 7.98. The zero-order valence-electron chi connectivity index (χ0n) is 18.4. The van der Waals surface area contributed by atoms with Crippen LogP contribution in [0.15, 0.2) is 27.8 Å². The fraction of sp³-hybridized carbons (Fsp3) is 0.591. The monoisotopic (exact) mass is 484 g/mol. The van der Waals surface area contributed by atoms with E-state index in [0.29, 0.717) is 32.1 Å². The minimum atomic E-state index is -4.57. The lowest BCUT2D eigenvalue weighted by atomic mass is 9.94. The fourth-order valence-electron chi connectivity index (χ4n) is 4.09. The Labute approximate surface area is 194 Å². The summed E-state index contributed by atoms with van der Waals surface area (Å²) in [6.45, 7) is 1.97. The van der Waals surface area contributed by atoms with Crippen LogP contribution in [-0.2, 0) is 16.7 Å². The van der Waals surface area contributed by atoms with Crippen molar-refractivity contribution in [2.75, 3.05) is 38.3 Å². The molecular weight excluding hydrogens is 457 g/mol. The predicted octanol–water partition coefficient (Wildman–Crippen LogP) is 4.62. The molecule has 0 aromatic carbocycles. The van der Waals surface area contributed by atoms with Crippen molar-refractivity contribution in [3.8, 4) is 0 Å². The van der Waals surface area contributed by atoms with Gasteiger partial charge in [-0.3, -0.25) is 4.79 Å². The summed E-state index contributed by atoms with van der Waals surface area (Å²) >= 11 is 1.06. The Balaban J connectivity index is 1.47. The van der Waals surface area contributed by atoms with Crippen LogP contribution in [-0.4, -0.2) is 60.2 Å². The molecule has 1 saturated heterocycles. The van der Waals surface area contributed by atoms with Crippen LogP contribution in [0.5, 0.6) is 0 Å². The fourth-order valence-corrected chi connectivity index (χ4v) is 4.83. The van der Waals surface area contributed by atoms with Crippen molar-refractivity contribution < 1.29 is 27.1 Å². The first-order chi connectivity index (χ1) is 15.8. The van der Waals surface area contributed by atoms with Gasteiger partial charge >= 0.3 is 6.18 Å². The second-order valence-electron chi connectivity index (χ2n) is 8.25. The zero-order chi connectivity index (χ0) is 23.4. The summed E-state index contributed by atoms with van der Waals surface area (Å²) in [5.74, 6) is 0.940. The Bertz CT molecular complexity index is 957. The number of rotatable bonds is 6. The average Bonchev–Trinajstić information content (AvgIpc) is 3.31. The summed E-state index contributed by atoms with van der Waals surface area (Å²) in [5, 5.41) is 0.0277. The van der Waals surface area contributed by atoms with Gasteiger partial charge in [0.2, 0.25) is 0 Å². The van der Waals surface area contributed by atoms with E-state index in [1.807, 2.05) is 4.90 Å². The van der Waals surface area contributed by atoms with E-state index >= 15 is 0 Å². The minimum absolute atomic E-state index is 0.0277. The Morgan fingerprint density at radius 1 is 1.18 bits per heavy atom. The molecule has 2 aromatic rings. The highest BCUT2D eigenvalue weighted by Crippen LogP contribution is 2.34. The number of thioether (sulfide) groups is 1. The smallest absolute Gasteiger partial charge is 0.433 e. The van der Waals surface area contributed by atoms with Crippen LogP contribution in [0.4, 0.5) is 19.0 Å². The minimum Gasteiger partial charge on any atom is -0.455 e. The van der Waals surface area contributed by atoms with Crippen molar-refractivity contribution >= 4 is 23.5 Å². The van der Waals surface area contributed by atoms with E-state index < -0.39 is 11.9 Å². The predicted molar refractivity (Wildman–Crippen MR) is 117 cm³/mol. The molecule has 3 heterocycles. The van der Waals surface area contributed by atoms with Gasteiger partial charge in [0.15, 0.2) is 16.6 Å². The molecule has 4 rings (SSSR count). The molecule has 2 fully saturated rings. The largest absolute Gasteiger partial charge is 0.455 e. The zero-order valence-corrected chi connectivity index (χ0v) is 19.3. The van der Waals surface area contributed by atoms with Gasteiger partial charge in [-0.1, -0.05) is 31.0 Å². The summed E-state index contributed by atoms with van der Waals surface area (Å²) in [5.41, 5.74) is -0.958. The highest BCUT2D eigenvalue weighted by atomic mass is 32.2. The quantitative estimate of drug-likeness (QED) is 0.438. The maximum Gasteiger partial charge on any atom is 0.433 e. The standard InChI is InChI=1S/C22H27F3N4O3S/c1-28(15-5-3-2-4-6-15)19-13-18(22(23,24)25)26-21(27-19)33-14-16-7-8-17(32-16)20(30)29-9-11-31-12-10-29/h7-8,13,15H,2-6,9-12,14H2,1H3. The van der Waals surface area contributed by atoms with Gasteiger partial charge in [-0.15, -0.1) is 0 Å². The molecule has 1 aliphatic carbocycles. The molecule has 0 N–H and O–H groups in total. The van der Waals surface area contributed by atoms with E-state index in [2.05, 4.69) is 9.97 Å². The molecule has 0 atom stereocenters. The van der Waals surface area contributed by atoms with Gasteiger partial charge in [-0.05, 0) is 25.0 Å². The van der Waals surface area contributed by atoms with Crippen LogP contribution in [0.2, 0.25) is 0 Å². The number of carbonyl (C=O) groups excluding carboxylic acids is 1. The van der Waals surface area contributed by atoms with E-state index in [9.17, 15) is 18.0 Å². The van der Waals surface area contributed by atoms with Crippen LogP contribution in [0.3, 0.4) is 0 Å². The molecule has 0 unspecified atom stereocenters. The number of carbonyl (C=O) groups is 1. The van der Waals surface area contributed by atoms with Crippen LogP contribution < -0.4 is 4.90 Å². The number of amides is 1. The molecule has 0 spiro atoms. The summed E-state index contributed by atoms with van der Waals surface area (Å²) in [7, 11) is 1.79. The number of furan rings is 1. The van der Waals surface area contributed by atoms with Gasteiger partial charge in [0.1, 0.15) is 11.6 Å². The molecular formula is C22H27F3N4O3S. The summed E-state index contributed by atoms with van der Waals surface area (Å²) in [6, 6.07) is 4.43. The second kappa shape index (κ2) is 10.3. The molecule has 7 nitrogen and oxygen atoms in total. The Hall–Kier alpha value is -2.27. The van der Waals surface area contributed by atoms with Crippen LogP contribution in [0.25, 0.3) is 0 Å². The number of nitrogens with zero attached hydrogens (tertiary/aromatic N) is 4. The van der Waals surface area contributed by atoms with Crippen molar-refractivity contribution in [1.82, 2.24) is 14.9 Å². The van der Waals surface area contributed by atoms with Crippen LogP contribution in [0, 0.1) is 0 Å². The number of aromatic nitrogens is 2. The summed E-state index contributed by atoms with van der Waals surface area (Å²) < 4.78 is 51.4. The maximum atomic E-state index is 13.5. The van der Waals surface area contributed by atoms with Crippen LogP contribution in [0.1, 0.15) is 54.1 Å². The number of hydrogen-bond donors (Lipinski definition) is 0. The molecule has 0 radical (unpaired) electrons. The third-order valence-corrected chi connectivity index (χ3v) is 6.85. The first-order valence-electron chi connectivity index (χ1n) is 11.1. The summed E-state index contributed by atoms with van der Waals surface area (Å²) in [4.78, 5) is 24.2. The molecule has 2 aliphatic rings. The van der Waals surface area contributed by atoms with Crippen molar-refractivity contribution in [2.45, 2.75) is 55.2 Å². The Morgan fingerprint density at radius 2 is 1.91 bits per heavy atom. The van der Waals surface area contributed by atoms with Gasteiger partial charge in [-0.25, -0.2) is 9.97 Å². The third-order valence-electron chi connectivity index (χ3n) is 5.98. The van der Waals surface area contributed by atoms with Gasteiger partial charge in [0, 0.05) is 32.2 Å². The first-order valence-corrected chi connectivity index (χ1v) is 12.1. The first kappa shape index (κ1) is 23.9. The number of hydrogen-bond acceptors (Lipinski definition) is 7. The van der Waals surface area contributed by atoms with E-state index in [1.165, 1.54) is 0 Å². The molecule has 1 aliphatic heterocycles. The van der Waals surface area contributed by atoms with Crippen molar-refractivity contribution in [2.24, 2.45) is 0 Å². The average molecular weight is 485 g/mol. The summed E-state index contributed by atoms with van der Waals surface area (Å²) in [6.07, 6.45) is 0.605. The number of morpholine rings is 1. The molecule has 2 aromatic heterocycles. The number of ether oxygens (including phenoxy) is 1. The lowest BCUT2D eigenvalue weighted by Gasteiger charge is -2.32. The maximum absolute atomic E-state index is 13.5. The van der Waals surface area contributed by atoms with E-state index in [1.54, 1.807) is 24.1 Å². The lowest BCUT2D eigenvalue weighted by Crippen LogP contribution is -2.40. The Morgan fingerprint density at radius 3 is 2.61 bits per heavy atom. The number of alkyl halides is 3. The lowest BCUT2D eigenvalue weighted by molar-refractivity contribution is -0.141. The number of halogens is 3. The van der Waals surface area contributed by atoms with Gasteiger partial charge in [0.25, 0.3) is 5.91 Å². The van der Waals surface area contributed by atoms with Gasteiger partial charge < -0.3 is 19.0 Å². The van der Waals surface area contributed by atoms with Crippen molar-refractivity contribution in [3.05, 3.63) is 35.4 Å². The molecule has 1 saturated carbocycles. The Kier molecular flexibility index (Phi) is 7.48. The van der Waals surface area contributed by atoms with Crippen molar-refractivity contribution in [1.29, 1.82) is 0 Å². The molecule has 0 bridgehead atoms. The topological polar surface area (TPSA) is 71.7 Å². The highest BCUT2D eigenvalue weighted by Gasteiger charge is 2.34. The van der Waals surface area contributed by atoms with E-state index in [-0.39, 0.29) is 34.4 Å². The van der Waals surface area contributed by atoms with Gasteiger partial charge in [-0.2, -0.15) is 13.2 Å². The number of anilines is 1.